The second-order valence-corrected chi connectivity index (χ2v) is 9.38. The van der Waals surface area contributed by atoms with Gasteiger partial charge in [-0.25, -0.2) is 0 Å². The minimum Gasteiger partial charge on any atom is -0.462 e. The van der Waals surface area contributed by atoms with Crippen molar-refractivity contribution in [2.24, 2.45) is 23.7 Å². The summed E-state index contributed by atoms with van der Waals surface area (Å²) in [6.45, 7) is 8.08. The summed E-state index contributed by atoms with van der Waals surface area (Å²) in [6, 6.07) is 0. The highest BCUT2D eigenvalue weighted by atomic mass is 16.6. The van der Waals surface area contributed by atoms with Gasteiger partial charge in [0.25, 0.3) is 0 Å². The van der Waals surface area contributed by atoms with Gasteiger partial charge in [-0.3, -0.25) is 9.59 Å². The summed E-state index contributed by atoms with van der Waals surface area (Å²) in [5.74, 6) is -3.41. The van der Waals surface area contributed by atoms with Crippen LogP contribution in [0.3, 0.4) is 0 Å². The molecule has 0 radical (unpaired) electrons. The predicted molar refractivity (Wildman–Crippen MR) is 90.2 cm³/mol. The Bertz CT molecular complexity index is 685. The van der Waals surface area contributed by atoms with Gasteiger partial charge in [-0.15, -0.1) is 0 Å². The van der Waals surface area contributed by atoms with Crippen LogP contribution in [0.25, 0.3) is 0 Å². The van der Waals surface area contributed by atoms with Gasteiger partial charge < -0.3 is 29.5 Å². The Morgan fingerprint density at radius 2 is 1.85 bits per heavy atom. The van der Waals surface area contributed by atoms with Crippen LogP contribution in [0.4, 0.5) is 0 Å². The van der Waals surface area contributed by atoms with Crippen LogP contribution >= 0.6 is 0 Å². The SMILES string of the molecule is CC(C)C(=O)OC1CC(C)(O)C2(O)C3OC3C(C)(O)C2C2OC(=O)C(C)C12. The van der Waals surface area contributed by atoms with E-state index in [9.17, 15) is 24.9 Å². The molecular formula is C19H28O8. The third kappa shape index (κ3) is 2.30. The number of carbonyl (C=O) groups excluding carboxylic acids is 2. The molecule has 27 heavy (non-hydrogen) atoms. The summed E-state index contributed by atoms with van der Waals surface area (Å²) in [5.41, 5.74) is -5.03. The second kappa shape index (κ2) is 5.43. The third-order valence-electron chi connectivity index (χ3n) is 7.14. The second-order valence-electron chi connectivity index (χ2n) is 9.38. The maximum absolute atomic E-state index is 12.4. The van der Waals surface area contributed by atoms with Crippen LogP contribution in [-0.4, -0.2) is 68.5 Å². The fraction of sp³-hybridized carbons (Fsp3) is 0.895. The third-order valence-corrected chi connectivity index (χ3v) is 7.14. The lowest BCUT2D eigenvalue weighted by Crippen LogP contribution is -2.64. The average molecular weight is 384 g/mol. The highest BCUT2D eigenvalue weighted by Crippen LogP contribution is 2.64. The van der Waals surface area contributed by atoms with Crippen LogP contribution < -0.4 is 0 Å². The topological polar surface area (TPSA) is 126 Å². The first-order valence-electron chi connectivity index (χ1n) is 9.57. The number of ether oxygens (including phenoxy) is 3. The van der Waals surface area contributed by atoms with Crippen molar-refractivity contribution in [1.29, 1.82) is 0 Å². The zero-order chi connectivity index (χ0) is 20.1. The molecule has 10 unspecified atom stereocenters. The van der Waals surface area contributed by atoms with Crippen LogP contribution in [0, 0.1) is 23.7 Å². The van der Waals surface area contributed by atoms with Gasteiger partial charge in [0.15, 0.2) is 0 Å². The van der Waals surface area contributed by atoms with Crippen molar-refractivity contribution in [2.75, 3.05) is 0 Å². The van der Waals surface area contributed by atoms with Gasteiger partial charge in [-0.05, 0) is 13.8 Å². The van der Waals surface area contributed by atoms with E-state index < -0.39 is 70.9 Å². The van der Waals surface area contributed by atoms with E-state index in [-0.39, 0.29) is 12.3 Å². The summed E-state index contributed by atoms with van der Waals surface area (Å²) in [7, 11) is 0. The number of rotatable bonds is 2. The van der Waals surface area contributed by atoms with E-state index in [0.29, 0.717) is 0 Å². The van der Waals surface area contributed by atoms with Gasteiger partial charge in [-0.2, -0.15) is 0 Å². The van der Waals surface area contributed by atoms with Gasteiger partial charge in [0.1, 0.15) is 35.6 Å². The molecule has 2 aliphatic heterocycles. The molecule has 0 aromatic heterocycles. The van der Waals surface area contributed by atoms with Crippen LogP contribution in [0.5, 0.6) is 0 Å². The molecule has 2 saturated heterocycles. The average Bonchev–Trinajstić information content (AvgIpc) is 3.26. The molecular weight excluding hydrogens is 356 g/mol. The molecule has 8 heteroatoms. The molecule has 3 N–H and O–H groups in total. The van der Waals surface area contributed by atoms with Crippen LogP contribution in [0.2, 0.25) is 0 Å². The van der Waals surface area contributed by atoms with Crippen molar-refractivity contribution >= 4 is 11.9 Å². The van der Waals surface area contributed by atoms with E-state index in [0.717, 1.165) is 0 Å². The fourth-order valence-corrected chi connectivity index (χ4v) is 5.60. The molecule has 0 bridgehead atoms. The maximum atomic E-state index is 12.4. The van der Waals surface area contributed by atoms with E-state index in [1.165, 1.54) is 13.8 Å². The molecule has 2 heterocycles. The Kier molecular flexibility index (Phi) is 3.85. The molecule has 152 valence electrons. The Balaban J connectivity index is 1.81. The predicted octanol–water partition coefficient (Wildman–Crippen LogP) is -0.234. The zero-order valence-electron chi connectivity index (χ0n) is 16.2. The van der Waals surface area contributed by atoms with Crippen molar-refractivity contribution in [2.45, 2.75) is 82.3 Å². The summed E-state index contributed by atoms with van der Waals surface area (Å²) in [4.78, 5) is 24.6. The van der Waals surface area contributed by atoms with Gasteiger partial charge in [0, 0.05) is 12.3 Å². The van der Waals surface area contributed by atoms with Gasteiger partial charge in [0.05, 0.1) is 23.4 Å². The fourth-order valence-electron chi connectivity index (χ4n) is 5.60. The minimum atomic E-state index is -1.83. The molecule has 8 nitrogen and oxygen atoms in total. The Labute approximate surface area is 157 Å². The smallest absolute Gasteiger partial charge is 0.309 e. The van der Waals surface area contributed by atoms with Crippen LogP contribution in [0.15, 0.2) is 0 Å². The molecule has 0 aromatic rings. The minimum absolute atomic E-state index is 0.0801. The van der Waals surface area contributed by atoms with Gasteiger partial charge in [-0.1, -0.05) is 20.8 Å². The molecule has 0 amide bonds. The number of hydrogen-bond donors (Lipinski definition) is 3. The van der Waals surface area contributed by atoms with Crippen LogP contribution in [0.1, 0.15) is 41.0 Å². The van der Waals surface area contributed by atoms with Crippen molar-refractivity contribution in [3.8, 4) is 0 Å². The van der Waals surface area contributed by atoms with Crippen molar-refractivity contribution in [1.82, 2.24) is 0 Å². The van der Waals surface area contributed by atoms with Crippen molar-refractivity contribution in [3.05, 3.63) is 0 Å². The molecule has 0 aromatic carbocycles. The first-order valence-corrected chi connectivity index (χ1v) is 9.57. The molecule has 0 spiro atoms. The number of hydrogen-bond acceptors (Lipinski definition) is 8. The number of esters is 2. The van der Waals surface area contributed by atoms with E-state index in [1.807, 2.05) is 0 Å². The van der Waals surface area contributed by atoms with E-state index in [1.54, 1.807) is 20.8 Å². The lowest BCUT2D eigenvalue weighted by Gasteiger charge is -2.46. The van der Waals surface area contributed by atoms with E-state index in [2.05, 4.69) is 0 Å². The standard InChI is InChI=1S/C19H28O8/c1-7(2)15(20)25-9-6-17(4,22)19(24)12(18(5,23)13-14(19)27-13)11-10(9)8(3)16(21)26-11/h7-14,22-24H,6H2,1-5H3. The Morgan fingerprint density at radius 1 is 1.22 bits per heavy atom. The normalized spacial score (nSPS) is 56.0. The molecule has 4 aliphatic rings. The molecule has 2 aliphatic carbocycles. The number of epoxide rings is 1. The lowest BCUT2D eigenvalue weighted by molar-refractivity contribution is -0.231. The molecule has 4 fully saturated rings. The Hall–Kier alpha value is -1.22. The Morgan fingerprint density at radius 3 is 2.44 bits per heavy atom. The molecule has 2 saturated carbocycles. The zero-order valence-corrected chi connectivity index (χ0v) is 16.2. The molecule has 4 rings (SSSR count). The first kappa shape index (κ1) is 19.1. The number of carbonyl (C=O) groups is 2. The van der Waals surface area contributed by atoms with E-state index >= 15 is 0 Å². The van der Waals surface area contributed by atoms with E-state index in [4.69, 9.17) is 14.2 Å². The first-order chi connectivity index (χ1) is 12.3. The maximum Gasteiger partial charge on any atom is 0.309 e. The van der Waals surface area contributed by atoms with Crippen molar-refractivity contribution < 1.29 is 39.1 Å². The highest BCUT2D eigenvalue weighted by molar-refractivity contribution is 5.76. The number of fused-ring (bicyclic) bond motifs is 5. The summed E-state index contributed by atoms with van der Waals surface area (Å²) >= 11 is 0. The quantitative estimate of drug-likeness (QED) is 0.440. The monoisotopic (exact) mass is 384 g/mol. The highest BCUT2D eigenvalue weighted by Gasteiger charge is 2.83. The summed E-state index contributed by atoms with van der Waals surface area (Å²) in [5, 5.41) is 34.0. The summed E-state index contributed by atoms with van der Waals surface area (Å²) in [6.07, 6.45) is -3.19. The van der Waals surface area contributed by atoms with Crippen LogP contribution in [-0.2, 0) is 23.8 Å². The lowest BCUT2D eigenvalue weighted by atomic mass is 9.70. The van der Waals surface area contributed by atoms with Gasteiger partial charge in [0.2, 0.25) is 0 Å². The summed E-state index contributed by atoms with van der Waals surface area (Å²) < 4.78 is 16.7. The molecule has 10 atom stereocenters. The largest absolute Gasteiger partial charge is 0.462 e. The van der Waals surface area contributed by atoms with Gasteiger partial charge >= 0.3 is 11.9 Å². The number of aliphatic hydroxyl groups is 3. The van der Waals surface area contributed by atoms with Crippen molar-refractivity contribution in [3.63, 3.8) is 0 Å².